The minimum atomic E-state index is -0.324. The quantitative estimate of drug-likeness (QED) is 0.651. The number of hydrogen-bond acceptors (Lipinski definition) is 6. The fraction of sp³-hybridized carbons (Fsp3) is 0.100. The van der Waals surface area contributed by atoms with Crippen molar-refractivity contribution in [2.45, 2.75) is 10.2 Å². The lowest BCUT2D eigenvalue weighted by atomic mass is 10.2. The first kappa shape index (κ1) is 11.0. The Hall–Kier alpha value is -2.09. The summed E-state index contributed by atoms with van der Waals surface area (Å²) in [4.78, 5) is 8.23. The van der Waals surface area contributed by atoms with Crippen molar-refractivity contribution in [3.05, 3.63) is 30.3 Å². The van der Waals surface area contributed by atoms with Crippen molar-refractivity contribution in [1.29, 1.82) is 0 Å². The maximum absolute atomic E-state index is 13.3. The highest BCUT2D eigenvalue weighted by Gasteiger charge is 2.10. The van der Waals surface area contributed by atoms with Crippen LogP contribution in [0.15, 0.2) is 34.7 Å². The van der Waals surface area contributed by atoms with Crippen LogP contribution in [0.3, 0.4) is 0 Å². The maximum atomic E-state index is 13.3. The predicted octanol–water partition coefficient (Wildman–Crippen LogP) is 1.44. The molecule has 6 nitrogen and oxygen atoms in total. The average Bonchev–Trinajstić information content (AvgIpc) is 2.76. The molecule has 0 saturated carbocycles. The highest BCUT2D eigenvalue weighted by atomic mass is 32.2. The van der Waals surface area contributed by atoms with Gasteiger partial charge >= 0.3 is 0 Å². The molecular formula is C10H7FN6S. The van der Waals surface area contributed by atoms with Gasteiger partial charge in [-0.3, -0.25) is 0 Å². The number of nitrogens with zero attached hydrogens (tertiary/aromatic N) is 6. The first-order valence-electron chi connectivity index (χ1n) is 5.04. The zero-order valence-corrected chi connectivity index (χ0v) is 10.1. The van der Waals surface area contributed by atoms with E-state index in [1.54, 1.807) is 13.1 Å². The molecule has 0 fully saturated rings. The Morgan fingerprint density at radius 2 is 2.17 bits per heavy atom. The molecule has 0 saturated heterocycles. The Kier molecular flexibility index (Phi) is 2.63. The molecule has 3 aromatic rings. The molecule has 2 heterocycles. The summed E-state index contributed by atoms with van der Waals surface area (Å²) in [6, 6.07) is 4.39. The van der Waals surface area contributed by atoms with Crippen LogP contribution >= 0.6 is 11.8 Å². The highest BCUT2D eigenvalue weighted by molar-refractivity contribution is 7.99. The zero-order valence-electron chi connectivity index (χ0n) is 9.28. The van der Waals surface area contributed by atoms with E-state index in [9.17, 15) is 4.39 Å². The molecule has 0 radical (unpaired) electrons. The molecule has 0 aliphatic carbocycles. The van der Waals surface area contributed by atoms with Gasteiger partial charge in [-0.05, 0) is 40.4 Å². The summed E-state index contributed by atoms with van der Waals surface area (Å²) in [5.41, 5.74) is 0.684. The van der Waals surface area contributed by atoms with Crippen LogP contribution in [0.25, 0.3) is 10.9 Å². The van der Waals surface area contributed by atoms with Gasteiger partial charge in [0.25, 0.3) is 0 Å². The summed E-state index contributed by atoms with van der Waals surface area (Å²) in [5, 5.41) is 13.0. The van der Waals surface area contributed by atoms with E-state index >= 15 is 0 Å². The first-order chi connectivity index (χ1) is 8.74. The lowest BCUT2D eigenvalue weighted by Gasteiger charge is -2.03. The van der Waals surface area contributed by atoms with Gasteiger partial charge in [-0.2, -0.15) is 0 Å². The van der Waals surface area contributed by atoms with E-state index in [-0.39, 0.29) is 5.82 Å². The smallest absolute Gasteiger partial charge is 0.215 e. The number of aryl methyl sites for hydroxylation is 1. The molecule has 0 unspecified atom stereocenters. The Morgan fingerprint density at radius 3 is 2.94 bits per heavy atom. The molecule has 8 heteroatoms. The topological polar surface area (TPSA) is 69.4 Å². The van der Waals surface area contributed by atoms with E-state index in [0.717, 1.165) is 0 Å². The van der Waals surface area contributed by atoms with E-state index in [1.165, 1.54) is 34.9 Å². The van der Waals surface area contributed by atoms with Crippen molar-refractivity contribution in [3.8, 4) is 0 Å². The number of fused-ring (bicyclic) bond motifs is 1. The van der Waals surface area contributed by atoms with Gasteiger partial charge in [0.05, 0.1) is 5.52 Å². The molecule has 0 N–H and O–H groups in total. The van der Waals surface area contributed by atoms with Crippen LogP contribution in [0.5, 0.6) is 0 Å². The van der Waals surface area contributed by atoms with Crippen molar-refractivity contribution in [1.82, 2.24) is 30.2 Å². The number of halogens is 1. The Bertz CT molecular complexity index is 712. The number of benzene rings is 1. The summed E-state index contributed by atoms with van der Waals surface area (Å²) < 4.78 is 14.8. The average molecular weight is 262 g/mol. The molecule has 2 aromatic heterocycles. The van der Waals surface area contributed by atoms with Crippen molar-refractivity contribution < 1.29 is 4.39 Å². The molecule has 3 rings (SSSR count). The fourth-order valence-electron chi connectivity index (χ4n) is 1.48. The Morgan fingerprint density at radius 1 is 1.28 bits per heavy atom. The number of hydrogen-bond donors (Lipinski definition) is 0. The number of aromatic nitrogens is 6. The van der Waals surface area contributed by atoms with Crippen molar-refractivity contribution in [3.63, 3.8) is 0 Å². The number of rotatable bonds is 2. The van der Waals surface area contributed by atoms with Crippen molar-refractivity contribution >= 4 is 22.7 Å². The minimum absolute atomic E-state index is 0.324. The third-order valence-electron chi connectivity index (χ3n) is 2.33. The Labute approximate surface area is 105 Å². The largest absolute Gasteiger partial charge is 0.236 e. The van der Waals surface area contributed by atoms with Crippen LogP contribution in [0.4, 0.5) is 4.39 Å². The first-order valence-corrected chi connectivity index (χ1v) is 5.86. The highest BCUT2D eigenvalue weighted by Crippen LogP contribution is 2.29. The second-order valence-corrected chi connectivity index (χ2v) is 4.48. The SMILES string of the molecule is Cn1nnnc1Sc1ncnc2ccc(F)cc12. The molecule has 0 atom stereocenters. The molecule has 0 bridgehead atoms. The summed E-state index contributed by atoms with van der Waals surface area (Å²) in [5.74, 6) is -0.324. The van der Waals surface area contributed by atoms with Crippen molar-refractivity contribution in [2.24, 2.45) is 7.05 Å². The maximum Gasteiger partial charge on any atom is 0.215 e. The van der Waals surface area contributed by atoms with Crippen LogP contribution in [-0.4, -0.2) is 30.2 Å². The van der Waals surface area contributed by atoms with Gasteiger partial charge in [0.1, 0.15) is 17.2 Å². The second-order valence-electron chi connectivity index (χ2n) is 3.53. The summed E-state index contributed by atoms with van der Waals surface area (Å²) in [6.07, 6.45) is 1.44. The zero-order chi connectivity index (χ0) is 12.5. The molecule has 1 aromatic carbocycles. The summed E-state index contributed by atoms with van der Waals surface area (Å²) >= 11 is 1.27. The number of tetrazole rings is 1. The van der Waals surface area contributed by atoms with E-state index in [2.05, 4.69) is 25.5 Å². The van der Waals surface area contributed by atoms with Crippen LogP contribution in [0.1, 0.15) is 0 Å². The molecule has 0 aliphatic heterocycles. The van der Waals surface area contributed by atoms with Gasteiger partial charge < -0.3 is 0 Å². The lowest BCUT2D eigenvalue weighted by Crippen LogP contribution is -1.94. The Balaban J connectivity index is 2.11. The third kappa shape index (κ3) is 1.90. The summed E-state index contributed by atoms with van der Waals surface area (Å²) in [6.45, 7) is 0. The van der Waals surface area contributed by atoms with E-state index in [1.807, 2.05) is 0 Å². The van der Waals surface area contributed by atoms with Crippen LogP contribution in [0, 0.1) is 5.82 Å². The standard InChI is InChI=1S/C10H7FN6S/c1-17-10(14-15-16-17)18-9-7-4-6(11)2-3-8(7)12-5-13-9/h2-5H,1H3. The van der Waals surface area contributed by atoms with E-state index in [0.29, 0.717) is 21.1 Å². The van der Waals surface area contributed by atoms with Gasteiger partial charge in [-0.25, -0.2) is 19.0 Å². The van der Waals surface area contributed by atoms with Gasteiger partial charge in [-0.1, -0.05) is 0 Å². The van der Waals surface area contributed by atoms with Gasteiger partial charge in [0.15, 0.2) is 0 Å². The molecule has 18 heavy (non-hydrogen) atoms. The molecule has 90 valence electrons. The predicted molar refractivity (Wildman–Crippen MR) is 62.4 cm³/mol. The van der Waals surface area contributed by atoms with E-state index < -0.39 is 0 Å². The van der Waals surface area contributed by atoms with Gasteiger partial charge in [0.2, 0.25) is 5.16 Å². The van der Waals surface area contributed by atoms with Crippen LogP contribution in [0.2, 0.25) is 0 Å². The van der Waals surface area contributed by atoms with E-state index in [4.69, 9.17) is 0 Å². The fourth-order valence-corrected chi connectivity index (χ4v) is 2.27. The normalized spacial score (nSPS) is 11.0. The monoisotopic (exact) mass is 262 g/mol. The molecular weight excluding hydrogens is 255 g/mol. The van der Waals surface area contributed by atoms with Gasteiger partial charge in [-0.15, -0.1) is 5.10 Å². The molecule has 0 spiro atoms. The minimum Gasteiger partial charge on any atom is -0.236 e. The van der Waals surface area contributed by atoms with Crippen LogP contribution in [-0.2, 0) is 7.05 Å². The lowest BCUT2D eigenvalue weighted by molar-refractivity contribution is 0.629. The van der Waals surface area contributed by atoms with Crippen LogP contribution < -0.4 is 0 Å². The van der Waals surface area contributed by atoms with Gasteiger partial charge in [0, 0.05) is 12.4 Å². The molecule has 0 amide bonds. The van der Waals surface area contributed by atoms with Crippen molar-refractivity contribution in [2.75, 3.05) is 0 Å². The summed E-state index contributed by atoms with van der Waals surface area (Å²) in [7, 11) is 1.73. The third-order valence-corrected chi connectivity index (χ3v) is 3.38. The molecule has 0 aliphatic rings. The second kappa shape index (κ2) is 4.30.